The molecule has 1 aliphatic rings. The molecule has 1 atom stereocenters. The third kappa shape index (κ3) is 3.53. The molecule has 3 aromatic rings. The van der Waals surface area contributed by atoms with Gasteiger partial charge in [-0.2, -0.15) is 4.98 Å². The minimum Gasteiger partial charge on any atom is -0.497 e. The summed E-state index contributed by atoms with van der Waals surface area (Å²) in [6, 6.07) is 14.7. The molecule has 138 valence electrons. The van der Waals surface area contributed by atoms with E-state index in [1.54, 1.807) is 12.0 Å². The number of aromatic nitrogens is 2. The Hall–Kier alpha value is -2.86. The van der Waals surface area contributed by atoms with Gasteiger partial charge in [0, 0.05) is 23.6 Å². The number of nitrogens with zero attached hydrogens (tertiary/aromatic N) is 3. The fourth-order valence-corrected chi connectivity index (χ4v) is 3.42. The van der Waals surface area contributed by atoms with Gasteiger partial charge in [0.2, 0.25) is 17.6 Å². The van der Waals surface area contributed by atoms with Crippen LogP contribution in [0.4, 0.5) is 0 Å². The molecular formula is C20H18ClN3O3. The van der Waals surface area contributed by atoms with Gasteiger partial charge in [0.25, 0.3) is 0 Å². The normalized spacial score (nSPS) is 16.7. The van der Waals surface area contributed by atoms with Gasteiger partial charge >= 0.3 is 0 Å². The predicted molar refractivity (Wildman–Crippen MR) is 100 cm³/mol. The van der Waals surface area contributed by atoms with Crippen LogP contribution in [0.15, 0.2) is 53.1 Å². The predicted octanol–water partition coefficient (Wildman–Crippen LogP) is 4.26. The van der Waals surface area contributed by atoms with Crippen molar-refractivity contribution in [2.45, 2.75) is 25.4 Å². The van der Waals surface area contributed by atoms with Crippen molar-refractivity contribution in [2.24, 2.45) is 0 Å². The largest absolute Gasteiger partial charge is 0.497 e. The summed E-state index contributed by atoms with van der Waals surface area (Å²) < 4.78 is 10.7. The van der Waals surface area contributed by atoms with E-state index < -0.39 is 0 Å². The van der Waals surface area contributed by atoms with Gasteiger partial charge in [-0.15, -0.1) is 0 Å². The number of benzene rings is 2. The van der Waals surface area contributed by atoms with Gasteiger partial charge in [0.05, 0.1) is 7.11 Å². The number of likely N-dealkylation sites (tertiary alicyclic amines) is 1. The number of hydrogen-bond donors (Lipinski definition) is 0. The number of methoxy groups -OCH3 is 1. The Kier molecular flexibility index (Phi) is 4.81. The van der Waals surface area contributed by atoms with Crippen LogP contribution >= 0.6 is 11.6 Å². The molecule has 0 bridgehead atoms. The maximum atomic E-state index is 12.4. The average Bonchev–Trinajstić information content (AvgIpc) is 3.31. The van der Waals surface area contributed by atoms with E-state index in [-0.39, 0.29) is 11.9 Å². The maximum absolute atomic E-state index is 12.4. The quantitative estimate of drug-likeness (QED) is 0.658. The van der Waals surface area contributed by atoms with E-state index in [9.17, 15) is 4.79 Å². The number of halogens is 1. The first-order chi connectivity index (χ1) is 13.2. The van der Waals surface area contributed by atoms with Crippen LogP contribution in [0.25, 0.3) is 11.4 Å². The molecule has 1 amide bonds. The lowest BCUT2D eigenvalue weighted by Crippen LogP contribution is -2.27. The van der Waals surface area contributed by atoms with Crippen LogP contribution in [0, 0.1) is 0 Å². The molecule has 1 unspecified atom stereocenters. The van der Waals surface area contributed by atoms with E-state index in [4.69, 9.17) is 20.9 Å². The Bertz CT molecular complexity index is 955. The van der Waals surface area contributed by atoms with E-state index in [1.165, 1.54) is 0 Å². The topological polar surface area (TPSA) is 68.5 Å². The highest BCUT2D eigenvalue weighted by atomic mass is 35.5. The Morgan fingerprint density at radius 3 is 2.74 bits per heavy atom. The summed E-state index contributed by atoms with van der Waals surface area (Å²) in [5, 5.41) is 4.72. The zero-order valence-corrected chi connectivity index (χ0v) is 15.5. The lowest BCUT2D eigenvalue weighted by molar-refractivity contribution is -0.129. The van der Waals surface area contributed by atoms with E-state index in [0.29, 0.717) is 36.1 Å². The van der Waals surface area contributed by atoms with E-state index >= 15 is 0 Å². The Labute approximate surface area is 161 Å². The summed E-state index contributed by atoms with van der Waals surface area (Å²) in [7, 11) is 1.62. The summed E-state index contributed by atoms with van der Waals surface area (Å²) >= 11 is 6.25. The summed E-state index contributed by atoms with van der Waals surface area (Å²) in [4.78, 5) is 18.7. The highest BCUT2D eigenvalue weighted by Gasteiger charge is 2.36. The van der Waals surface area contributed by atoms with Crippen molar-refractivity contribution in [3.8, 4) is 17.1 Å². The summed E-state index contributed by atoms with van der Waals surface area (Å²) in [6.45, 7) is 0.420. The lowest BCUT2D eigenvalue weighted by atomic mass is 10.1. The molecule has 0 radical (unpaired) electrons. The molecule has 0 spiro atoms. The second kappa shape index (κ2) is 7.40. The SMILES string of the molecule is COc1ccc(-c2noc(C3CCC(=O)N3Cc3ccccc3Cl)n2)cc1. The van der Waals surface area contributed by atoms with Gasteiger partial charge in [0.15, 0.2) is 0 Å². The van der Waals surface area contributed by atoms with Gasteiger partial charge in [-0.1, -0.05) is 35.0 Å². The van der Waals surface area contributed by atoms with Crippen LogP contribution in [0.3, 0.4) is 0 Å². The van der Waals surface area contributed by atoms with Crippen LogP contribution in [0.2, 0.25) is 5.02 Å². The third-order valence-corrected chi connectivity index (χ3v) is 5.07. The molecule has 1 saturated heterocycles. The number of carbonyl (C=O) groups excluding carboxylic acids is 1. The number of carbonyl (C=O) groups is 1. The van der Waals surface area contributed by atoms with Crippen molar-refractivity contribution in [2.75, 3.05) is 7.11 Å². The number of ether oxygens (including phenoxy) is 1. The van der Waals surface area contributed by atoms with Crippen molar-refractivity contribution in [1.29, 1.82) is 0 Å². The van der Waals surface area contributed by atoms with Crippen LogP contribution < -0.4 is 4.74 Å². The Morgan fingerprint density at radius 1 is 1.22 bits per heavy atom. The molecule has 7 heteroatoms. The highest BCUT2D eigenvalue weighted by Crippen LogP contribution is 2.35. The third-order valence-electron chi connectivity index (χ3n) is 4.70. The second-order valence-corrected chi connectivity index (χ2v) is 6.76. The number of amides is 1. The summed E-state index contributed by atoms with van der Waals surface area (Å²) in [5.74, 6) is 1.75. The fraction of sp³-hybridized carbons (Fsp3) is 0.250. The van der Waals surface area contributed by atoms with Crippen molar-refractivity contribution in [3.63, 3.8) is 0 Å². The van der Waals surface area contributed by atoms with Crippen LogP contribution in [0.5, 0.6) is 5.75 Å². The molecule has 0 aliphatic carbocycles. The molecule has 2 aromatic carbocycles. The lowest BCUT2D eigenvalue weighted by Gasteiger charge is -2.22. The molecule has 2 heterocycles. The standard InChI is InChI=1S/C20H18ClN3O3/c1-26-15-8-6-13(7-9-15)19-22-20(27-23-19)17-10-11-18(25)24(17)12-14-4-2-3-5-16(14)21/h2-9,17H,10-12H2,1H3. The first kappa shape index (κ1) is 17.5. The Balaban J connectivity index is 1.57. The zero-order chi connectivity index (χ0) is 18.8. The molecule has 0 saturated carbocycles. The maximum Gasteiger partial charge on any atom is 0.249 e. The van der Waals surface area contributed by atoms with E-state index in [0.717, 1.165) is 16.9 Å². The average molecular weight is 384 g/mol. The van der Waals surface area contributed by atoms with Crippen molar-refractivity contribution in [1.82, 2.24) is 15.0 Å². The monoisotopic (exact) mass is 383 g/mol. The number of rotatable bonds is 5. The molecule has 6 nitrogen and oxygen atoms in total. The molecular weight excluding hydrogens is 366 g/mol. The fourth-order valence-electron chi connectivity index (χ4n) is 3.23. The van der Waals surface area contributed by atoms with Gasteiger partial charge in [0.1, 0.15) is 11.8 Å². The van der Waals surface area contributed by atoms with Crippen LogP contribution in [0.1, 0.15) is 30.3 Å². The molecule has 1 fully saturated rings. The molecule has 1 aromatic heterocycles. The highest BCUT2D eigenvalue weighted by molar-refractivity contribution is 6.31. The molecule has 1 aliphatic heterocycles. The van der Waals surface area contributed by atoms with E-state index in [2.05, 4.69) is 10.1 Å². The van der Waals surface area contributed by atoms with Gasteiger partial charge in [-0.25, -0.2) is 0 Å². The first-order valence-electron chi connectivity index (χ1n) is 8.66. The van der Waals surface area contributed by atoms with Crippen LogP contribution in [-0.2, 0) is 11.3 Å². The Morgan fingerprint density at radius 2 is 2.00 bits per heavy atom. The minimum absolute atomic E-state index is 0.0594. The van der Waals surface area contributed by atoms with Crippen molar-refractivity contribution >= 4 is 17.5 Å². The van der Waals surface area contributed by atoms with Gasteiger partial charge < -0.3 is 14.2 Å². The molecule has 4 rings (SSSR count). The molecule has 0 N–H and O–H groups in total. The second-order valence-electron chi connectivity index (χ2n) is 6.35. The van der Waals surface area contributed by atoms with E-state index in [1.807, 2.05) is 48.5 Å². The van der Waals surface area contributed by atoms with Gasteiger partial charge in [-0.3, -0.25) is 4.79 Å². The molecule has 27 heavy (non-hydrogen) atoms. The summed E-state index contributed by atoms with van der Waals surface area (Å²) in [6.07, 6.45) is 1.10. The smallest absolute Gasteiger partial charge is 0.249 e. The van der Waals surface area contributed by atoms with Crippen LogP contribution in [-0.4, -0.2) is 28.1 Å². The zero-order valence-electron chi connectivity index (χ0n) is 14.8. The number of hydrogen-bond acceptors (Lipinski definition) is 5. The van der Waals surface area contributed by atoms with Crippen molar-refractivity contribution in [3.05, 3.63) is 65.0 Å². The van der Waals surface area contributed by atoms with Crippen molar-refractivity contribution < 1.29 is 14.1 Å². The van der Waals surface area contributed by atoms with Gasteiger partial charge in [-0.05, 0) is 42.3 Å². The minimum atomic E-state index is -0.242. The summed E-state index contributed by atoms with van der Waals surface area (Å²) in [5.41, 5.74) is 1.72. The first-order valence-corrected chi connectivity index (χ1v) is 9.04.